The van der Waals surface area contributed by atoms with E-state index in [1.807, 2.05) is 11.8 Å². The SMILES string of the molecule is CCN(C(=O)N1CCCC(C)C1)C(C)CC(=O)O. The van der Waals surface area contributed by atoms with Crippen molar-refractivity contribution < 1.29 is 14.7 Å². The standard InChI is InChI=1S/C13H24N2O3/c1-4-15(11(3)8-12(16)17)13(18)14-7-5-6-10(2)9-14/h10-11H,4-9H2,1-3H3,(H,16,17). The van der Waals surface area contributed by atoms with Crippen LogP contribution in [0.25, 0.3) is 0 Å². The van der Waals surface area contributed by atoms with Gasteiger partial charge in [0.2, 0.25) is 0 Å². The van der Waals surface area contributed by atoms with Crippen molar-refractivity contribution in [2.24, 2.45) is 5.92 Å². The van der Waals surface area contributed by atoms with E-state index < -0.39 is 5.97 Å². The number of hydrogen-bond donors (Lipinski definition) is 1. The molecule has 2 atom stereocenters. The summed E-state index contributed by atoms with van der Waals surface area (Å²) in [6.45, 7) is 7.97. The first-order valence-corrected chi connectivity index (χ1v) is 6.73. The molecule has 1 saturated heterocycles. The van der Waals surface area contributed by atoms with E-state index in [1.54, 1.807) is 11.8 Å². The fourth-order valence-electron chi connectivity index (χ4n) is 2.54. The highest BCUT2D eigenvalue weighted by Gasteiger charge is 2.27. The monoisotopic (exact) mass is 256 g/mol. The van der Waals surface area contributed by atoms with Gasteiger partial charge in [-0.3, -0.25) is 4.79 Å². The molecule has 0 aliphatic carbocycles. The summed E-state index contributed by atoms with van der Waals surface area (Å²) in [5, 5.41) is 8.81. The summed E-state index contributed by atoms with van der Waals surface area (Å²) < 4.78 is 0. The molecule has 1 N–H and O–H groups in total. The van der Waals surface area contributed by atoms with Crippen LogP contribution in [-0.4, -0.2) is 52.6 Å². The maximum atomic E-state index is 12.4. The number of hydrogen-bond acceptors (Lipinski definition) is 2. The van der Waals surface area contributed by atoms with Gasteiger partial charge < -0.3 is 14.9 Å². The van der Waals surface area contributed by atoms with E-state index in [2.05, 4.69) is 6.92 Å². The minimum Gasteiger partial charge on any atom is -0.481 e. The quantitative estimate of drug-likeness (QED) is 0.837. The second-order valence-corrected chi connectivity index (χ2v) is 5.21. The van der Waals surface area contributed by atoms with Gasteiger partial charge in [0.15, 0.2) is 0 Å². The van der Waals surface area contributed by atoms with Gasteiger partial charge in [0.05, 0.1) is 6.42 Å². The Bertz CT molecular complexity index is 307. The van der Waals surface area contributed by atoms with E-state index in [9.17, 15) is 9.59 Å². The van der Waals surface area contributed by atoms with Crippen molar-refractivity contribution in [3.8, 4) is 0 Å². The number of rotatable bonds is 4. The Labute approximate surface area is 109 Å². The molecule has 1 aliphatic heterocycles. The van der Waals surface area contributed by atoms with Gasteiger partial charge in [0.25, 0.3) is 0 Å². The van der Waals surface area contributed by atoms with E-state index in [-0.39, 0.29) is 18.5 Å². The van der Waals surface area contributed by atoms with E-state index in [0.29, 0.717) is 12.5 Å². The van der Waals surface area contributed by atoms with Crippen molar-refractivity contribution in [2.75, 3.05) is 19.6 Å². The van der Waals surface area contributed by atoms with Crippen LogP contribution in [0.2, 0.25) is 0 Å². The van der Waals surface area contributed by atoms with Crippen LogP contribution >= 0.6 is 0 Å². The first-order chi connectivity index (χ1) is 8.45. The number of likely N-dealkylation sites (tertiary alicyclic amines) is 1. The van der Waals surface area contributed by atoms with E-state index in [4.69, 9.17) is 5.11 Å². The van der Waals surface area contributed by atoms with Crippen LogP contribution in [0.3, 0.4) is 0 Å². The molecule has 0 saturated carbocycles. The number of amides is 2. The van der Waals surface area contributed by atoms with E-state index in [0.717, 1.165) is 19.5 Å². The first-order valence-electron chi connectivity index (χ1n) is 6.73. The molecule has 1 heterocycles. The molecule has 18 heavy (non-hydrogen) atoms. The smallest absolute Gasteiger partial charge is 0.320 e. The average Bonchev–Trinajstić information content (AvgIpc) is 2.28. The van der Waals surface area contributed by atoms with Crippen molar-refractivity contribution in [2.45, 2.75) is 46.1 Å². The molecule has 2 unspecified atom stereocenters. The third kappa shape index (κ3) is 3.89. The Hall–Kier alpha value is -1.26. The van der Waals surface area contributed by atoms with Gasteiger partial charge in [0.1, 0.15) is 0 Å². The molecule has 5 nitrogen and oxygen atoms in total. The van der Waals surface area contributed by atoms with Gasteiger partial charge in [-0.05, 0) is 32.6 Å². The fourth-order valence-corrected chi connectivity index (χ4v) is 2.54. The van der Waals surface area contributed by atoms with Gasteiger partial charge in [0, 0.05) is 25.7 Å². The third-order valence-electron chi connectivity index (χ3n) is 3.52. The molecule has 104 valence electrons. The second kappa shape index (κ2) is 6.61. The molecule has 0 aromatic rings. The maximum Gasteiger partial charge on any atom is 0.320 e. The topological polar surface area (TPSA) is 60.9 Å². The predicted octanol–water partition coefficient (Wildman–Crippen LogP) is 2.02. The fraction of sp³-hybridized carbons (Fsp3) is 0.846. The number of carbonyl (C=O) groups excluding carboxylic acids is 1. The minimum absolute atomic E-state index is 0.00295. The molecule has 1 rings (SSSR count). The van der Waals surface area contributed by atoms with Crippen LogP contribution in [0.5, 0.6) is 0 Å². The summed E-state index contributed by atoms with van der Waals surface area (Å²) in [4.78, 5) is 26.6. The summed E-state index contributed by atoms with van der Waals surface area (Å²) >= 11 is 0. The average molecular weight is 256 g/mol. The number of carboxylic acid groups (broad SMARTS) is 1. The Morgan fingerprint density at radius 2 is 2.17 bits per heavy atom. The van der Waals surface area contributed by atoms with Crippen molar-refractivity contribution in [3.63, 3.8) is 0 Å². The third-order valence-corrected chi connectivity index (χ3v) is 3.52. The predicted molar refractivity (Wildman–Crippen MR) is 69.5 cm³/mol. The highest BCUT2D eigenvalue weighted by atomic mass is 16.4. The lowest BCUT2D eigenvalue weighted by molar-refractivity contribution is -0.138. The number of piperidine rings is 1. The molecular formula is C13H24N2O3. The van der Waals surface area contributed by atoms with Crippen molar-refractivity contribution in [1.82, 2.24) is 9.80 Å². The van der Waals surface area contributed by atoms with Crippen LogP contribution < -0.4 is 0 Å². The number of urea groups is 1. The van der Waals surface area contributed by atoms with Gasteiger partial charge in [-0.1, -0.05) is 6.92 Å². The van der Waals surface area contributed by atoms with Crippen LogP contribution in [0.1, 0.15) is 40.0 Å². The molecule has 0 bridgehead atoms. The van der Waals surface area contributed by atoms with Crippen LogP contribution in [0.4, 0.5) is 4.79 Å². The lowest BCUT2D eigenvalue weighted by atomic mass is 10.0. The molecule has 0 aromatic carbocycles. The first kappa shape index (κ1) is 14.8. The van der Waals surface area contributed by atoms with Gasteiger partial charge >= 0.3 is 12.0 Å². The van der Waals surface area contributed by atoms with Crippen molar-refractivity contribution in [3.05, 3.63) is 0 Å². The van der Waals surface area contributed by atoms with Crippen molar-refractivity contribution in [1.29, 1.82) is 0 Å². The van der Waals surface area contributed by atoms with Gasteiger partial charge in [-0.15, -0.1) is 0 Å². The summed E-state index contributed by atoms with van der Waals surface area (Å²) in [7, 11) is 0. The Morgan fingerprint density at radius 3 is 2.67 bits per heavy atom. The van der Waals surface area contributed by atoms with Gasteiger partial charge in [-0.2, -0.15) is 0 Å². The molecule has 0 spiro atoms. The Balaban J connectivity index is 2.63. The molecule has 2 amide bonds. The summed E-state index contributed by atoms with van der Waals surface area (Å²) in [5.41, 5.74) is 0. The van der Waals surface area contributed by atoms with Gasteiger partial charge in [-0.25, -0.2) is 4.79 Å². The summed E-state index contributed by atoms with van der Waals surface area (Å²) in [6.07, 6.45) is 2.21. The maximum absolute atomic E-state index is 12.4. The Kier molecular flexibility index (Phi) is 5.44. The van der Waals surface area contributed by atoms with Crippen LogP contribution in [-0.2, 0) is 4.79 Å². The molecule has 0 aromatic heterocycles. The van der Waals surface area contributed by atoms with Crippen LogP contribution in [0.15, 0.2) is 0 Å². The number of carboxylic acids is 1. The summed E-state index contributed by atoms with van der Waals surface area (Å²) in [5.74, 6) is -0.322. The molecule has 5 heteroatoms. The lowest BCUT2D eigenvalue weighted by Gasteiger charge is -2.37. The number of nitrogens with zero attached hydrogens (tertiary/aromatic N) is 2. The number of aliphatic carboxylic acids is 1. The highest BCUT2D eigenvalue weighted by molar-refractivity contribution is 5.76. The van der Waals surface area contributed by atoms with Crippen molar-refractivity contribution >= 4 is 12.0 Å². The minimum atomic E-state index is -0.860. The Morgan fingerprint density at radius 1 is 1.50 bits per heavy atom. The van der Waals surface area contributed by atoms with E-state index in [1.165, 1.54) is 6.42 Å². The number of carbonyl (C=O) groups is 2. The normalized spacial score (nSPS) is 21.5. The summed E-state index contributed by atoms with van der Waals surface area (Å²) in [6, 6.07) is -0.268. The molecule has 1 aliphatic rings. The zero-order valence-electron chi connectivity index (χ0n) is 11.6. The molecular weight excluding hydrogens is 232 g/mol. The molecule has 1 fully saturated rings. The van der Waals surface area contributed by atoms with Crippen LogP contribution in [0, 0.1) is 5.92 Å². The lowest BCUT2D eigenvalue weighted by Crippen LogP contribution is -2.50. The largest absolute Gasteiger partial charge is 0.481 e. The van der Waals surface area contributed by atoms with E-state index >= 15 is 0 Å². The second-order valence-electron chi connectivity index (χ2n) is 5.21. The highest BCUT2D eigenvalue weighted by Crippen LogP contribution is 2.18. The molecule has 0 radical (unpaired) electrons. The zero-order chi connectivity index (χ0) is 13.7. The zero-order valence-corrected chi connectivity index (χ0v) is 11.6.